The lowest BCUT2D eigenvalue weighted by molar-refractivity contribution is 0.0592. The molecule has 0 atom stereocenters. The van der Waals surface area contributed by atoms with Gasteiger partial charge in [0, 0.05) is 0 Å². The molecule has 0 radical (unpaired) electrons. The van der Waals surface area contributed by atoms with Crippen LogP contribution >= 0.6 is 0 Å². The van der Waals surface area contributed by atoms with Gasteiger partial charge in [0.1, 0.15) is 0 Å². The monoisotopic (exact) mass is 309 g/mol. The Hall–Kier alpha value is -1.59. The molecule has 0 amide bonds. The lowest BCUT2D eigenvalue weighted by atomic mass is 10.5. The van der Waals surface area contributed by atoms with Gasteiger partial charge in [-0.05, 0) is 0 Å². The number of nitrogens with zero attached hydrogens (tertiary/aromatic N) is 2. The van der Waals surface area contributed by atoms with E-state index in [0.29, 0.717) is 0 Å². The van der Waals surface area contributed by atoms with Crippen LogP contribution in [0, 0.1) is 0 Å². The van der Waals surface area contributed by atoms with E-state index in [2.05, 4.69) is 14.7 Å². The average molecular weight is 309 g/mol. The molecule has 9 nitrogen and oxygen atoms in total. The number of carbonyl (C=O) groups excluding carboxylic acids is 1. The molecule has 106 valence electrons. The third-order valence-electron chi connectivity index (χ3n) is 1.96. The van der Waals surface area contributed by atoms with Crippen molar-refractivity contribution in [1.82, 2.24) is 9.97 Å². The highest BCUT2D eigenvalue weighted by molar-refractivity contribution is 7.94. The number of nitrogens with two attached hydrogens (primary N) is 1. The predicted octanol–water partition coefficient (Wildman–Crippen LogP) is -1.67. The second-order valence-corrected chi connectivity index (χ2v) is 7.21. The van der Waals surface area contributed by atoms with Gasteiger partial charge < -0.3 is 4.74 Å². The summed E-state index contributed by atoms with van der Waals surface area (Å²) in [6, 6.07) is 0. The van der Waals surface area contributed by atoms with Gasteiger partial charge in [-0.1, -0.05) is 0 Å². The number of sulfone groups is 1. The smallest absolute Gasteiger partial charge is 0.358 e. The third kappa shape index (κ3) is 4.54. The highest BCUT2D eigenvalue weighted by Crippen LogP contribution is 2.08. The summed E-state index contributed by atoms with van der Waals surface area (Å²) in [5, 5.41) is 4.20. The normalized spacial score (nSPS) is 12.1. The number of methoxy groups -OCH3 is 1. The summed E-state index contributed by atoms with van der Waals surface area (Å²) in [5.74, 6) is -2.35. The molecule has 19 heavy (non-hydrogen) atoms. The standard InChI is InChI=1S/C8H11N3O6S2/c1-17-8(12)6-4-10-5-7(11-6)18(13,14)2-3-19(9,15)16/h4-5H,2-3H2,1H3,(H2,9,15,16). The van der Waals surface area contributed by atoms with Gasteiger partial charge in [-0.3, -0.25) is 4.98 Å². The highest BCUT2D eigenvalue weighted by atomic mass is 32.2. The zero-order valence-corrected chi connectivity index (χ0v) is 11.4. The molecule has 0 aromatic carbocycles. The topological polar surface area (TPSA) is 146 Å². The van der Waals surface area contributed by atoms with Crippen LogP contribution in [0.25, 0.3) is 0 Å². The van der Waals surface area contributed by atoms with E-state index in [1.54, 1.807) is 0 Å². The lowest BCUT2D eigenvalue weighted by Crippen LogP contribution is -2.24. The second-order valence-electron chi connectivity index (χ2n) is 3.42. The van der Waals surface area contributed by atoms with E-state index in [4.69, 9.17) is 5.14 Å². The molecule has 0 spiro atoms. The van der Waals surface area contributed by atoms with Gasteiger partial charge in [0.2, 0.25) is 10.0 Å². The first-order valence-corrected chi connectivity index (χ1v) is 8.16. The number of esters is 1. The van der Waals surface area contributed by atoms with Crippen molar-refractivity contribution in [3.05, 3.63) is 18.1 Å². The number of hydrogen-bond donors (Lipinski definition) is 1. The van der Waals surface area contributed by atoms with Gasteiger partial charge in [0.25, 0.3) is 0 Å². The molecule has 0 aliphatic rings. The van der Waals surface area contributed by atoms with E-state index in [0.717, 1.165) is 19.5 Å². The van der Waals surface area contributed by atoms with E-state index in [-0.39, 0.29) is 5.69 Å². The van der Waals surface area contributed by atoms with Crippen LogP contribution in [0.15, 0.2) is 17.4 Å². The second kappa shape index (κ2) is 5.59. The maximum atomic E-state index is 11.8. The molecule has 0 bridgehead atoms. The molecule has 1 aromatic heterocycles. The summed E-state index contributed by atoms with van der Waals surface area (Å²) in [4.78, 5) is 18.3. The molecule has 0 unspecified atom stereocenters. The summed E-state index contributed by atoms with van der Waals surface area (Å²) < 4.78 is 49.4. The zero-order valence-electron chi connectivity index (χ0n) is 9.81. The number of sulfonamides is 1. The number of hydrogen-bond acceptors (Lipinski definition) is 8. The van der Waals surface area contributed by atoms with Crippen LogP contribution in [0.4, 0.5) is 0 Å². The van der Waals surface area contributed by atoms with Crippen LogP contribution in [0.3, 0.4) is 0 Å². The highest BCUT2D eigenvalue weighted by Gasteiger charge is 2.21. The minimum atomic E-state index is -4.00. The fraction of sp³-hybridized carbons (Fsp3) is 0.375. The van der Waals surface area contributed by atoms with Crippen molar-refractivity contribution >= 4 is 25.8 Å². The number of primary sulfonamides is 1. The molecular formula is C8H11N3O6S2. The Morgan fingerprint density at radius 1 is 1.26 bits per heavy atom. The quantitative estimate of drug-likeness (QED) is 0.635. The molecule has 0 saturated carbocycles. The van der Waals surface area contributed by atoms with Crippen molar-refractivity contribution in [2.75, 3.05) is 18.6 Å². The van der Waals surface area contributed by atoms with Gasteiger partial charge in [-0.15, -0.1) is 0 Å². The molecule has 2 N–H and O–H groups in total. The summed E-state index contributed by atoms with van der Waals surface area (Å²) in [5.41, 5.74) is -0.292. The van der Waals surface area contributed by atoms with Crippen LogP contribution < -0.4 is 5.14 Å². The Bertz CT molecular complexity index is 682. The van der Waals surface area contributed by atoms with E-state index >= 15 is 0 Å². The molecule has 11 heteroatoms. The summed E-state index contributed by atoms with van der Waals surface area (Å²) >= 11 is 0. The molecule has 0 aliphatic carbocycles. The van der Waals surface area contributed by atoms with Crippen molar-refractivity contribution in [2.45, 2.75) is 5.03 Å². The van der Waals surface area contributed by atoms with E-state index in [9.17, 15) is 21.6 Å². The van der Waals surface area contributed by atoms with Crippen LogP contribution in [0.1, 0.15) is 10.5 Å². The van der Waals surface area contributed by atoms with E-state index < -0.39 is 42.4 Å². The lowest BCUT2D eigenvalue weighted by Gasteiger charge is -2.04. The molecule has 1 rings (SSSR count). The molecule has 0 saturated heterocycles. The first kappa shape index (κ1) is 15.5. The van der Waals surface area contributed by atoms with Crippen LogP contribution in [0.2, 0.25) is 0 Å². The van der Waals surface area contributed by atoms with Crippen molar-refractivity contribution in [3.8, 4) is 0 Å². The van der Waals surface area contributed by atoms with Crippen LogP contribution in [-0.4, -0.2) is 51.4 Å². The van der Waals surface area contributed by atoms with E-state index in [1.807, 2.05) is 0 Å². The van der Waals surface area contributed by atoms with Gasteiger partial charge in [-0.2, -0.15) is 0 Å². The van der Waals surface area contributed by atoms with Crippen molar-refractivity contribution < 1.29 is 26.4 Å². The zero-order chi connectivity index (χ0) is 14.7. The molecular weight excluding hydrogens is 298 g/mol. The van der Waals surface area contributed by atoms with Crippen molar-refractivity contribution in [1.29, 1.82) is 0 Å². The third-order valence-corrected chi connectivity index (χ3v) is 4.57. The maximum Gasteiger partial charge on any atom is 0.358 e. The van der Waals surface area contributed by atoms with Gasteiger partial charge >= 0.3 is 5.97 Å². The van der Waals surface area contributed by atoms with Gasteiger partial charge in [0.05, 0.1) is 31.0 Å². The molecule has 1 aromatic rings. The average Bonchev–Trinajstić information content (AvgIpc) is 2.35. The minimum Gasteiger partial charge on any atom is -0.464 e. The number of carbonyl (C=O) groups is 1. The Balaban J connectivity index is 3.05. The number of ether oxygens (including phenoxy) is 1. The van der Waals surface area contributed by atoms with Crippen LogP contribution in [-0.2, 0) is 24.6 Å². The number of rotatable bonds is 5. The van der Waals surface area contributed by atoms with Gasteiger partial charge in [0.15, 0.2) is 20.6 Å². The summed E-state index contributed by atoms with van der Waals surface area (Å²) in [7, 11) is -6.81. The van der Waals surface area contributed by atoms with E-state index in [1.165, 1.54) is 0 Å². The molecule has 0 fully saturated rings. The van der Waals surface area contributed by atoms with Crippen LogP contribution in [0.5, 0.6) is 0 Å². The largest absolute Gasteiger partial charge is 0.464 e. The predicted molar refractivity (Wildman–Crippen MR) is 63.4 cm³/mol. The maximum absolute atomic E-state index is 11.8. The number of aromatic nitrogens is 2. The molecule has 0 aliphatic heterocycles. The fourth-order valence-corrected chi connectivity index (χ4v) is 3.51. The Kier molecular flexibility index (Phi) is 4.55. The Morgan fingerprint density at radius 3 is 2.42 bits per heavy atom. The van der Waals surface area contributed by atoms with Gasteiger partial charge in [-0.25, -0.2) is 31.8 Å². The fourth-order valence-electron chi connectivity index (χ4n) is 1.03. The first-order valence-electron chi connectivity index (χ1n) is 4.79. The Labute approximate surface area is 109 Å². The SMILES string of the molecule is COC(=O)c1cncc(S(=O)(=O)CCS(N)(=O)=O)n1. The minimum absolute atomic E-state index is 0.292. The molecule has 1 heterocycles. The Morgan fingerprint density at radius 2 is 1.89 bits per heavy atom. The van der Waals surface area contributed by atoms with Crippen molar-refractivity contribution in [2.24, 2.45) is 5.14 Å². The van der Waals surface area contributed by atoms with Crippen molar-refractivity contribution in [3.63, 3.8) is 0 Å². The summed E-state index contributed by atoms with van der Waals surface area (Å²) in [6.07, 6.45) is 1.94. The first-order chi connectivity index (χ1) is 8.65. The summed E-state index contributed by atoms with van der Waals surface area (Å²) in [6.45, 7) is 0.